The Morgan fingerprint density at radius 2 is 2.10 bits per heavy atom. The summed E-state index contributed by atoms with van der Waals surface area (Å²) in [5, 5.41) is 8.76. The van der Waals surface area contributed by atoms with Gasteiger partial charge in [-0.2, -0.15) is 0 Å². The van der Waals surface area contributed by atoms with Gasteiger partial charge in [-0.15, -0.1) is 0 Å². The Hall–Kier alpha value is -1.92. The zero-order valence-electron chi connectivity index (χ0n) is 11.4. The molecule has 7 heteroatoms. The first-order chi connectivity index (χ1) is 9.36. The number of carboxylic acid groups (broad SMARTS) is 1. The molecule has 0 saturated heterocycles. The van der Waals surface area contributed by atoms with Crippen LogP contribution in [0.3, 0.4) is 0 Å². The fourth-order valence-corrected chi connectivity index (χ4v) is 1.92. The number of alkyl halides is 2. The maximum atomic E-state index is 12.5. The molecule has 1 aromatic heterocycles. The number of carbonyl (C=O) groups excluding carboxylic acids is 1. The van der Waals surface area contributed by atoms with Gasteiger partial charge in [-0.3, -0.25) is 9.59 Å². The summed E-state index contributed by atoms with van der Waals surface area (Å²) in [6.45, 7) is 2.85. The number of aryl methyl sites for hydroxylation is 1. The van der Waals surface area contributed by atoms with E-state index in [-0.39, 0.29) is 17.9 Å². The third-order valence-corrected chi connectivity index (χ3v) is 2.72. The van der Waals surface area contributed by atoms with Crippen LogP contribution in [-0.2, 0) is 11.2 Å². The van der Waals surface area contributed by atoms with Gasteiger partial charge in [-0.1, -0.05) is 6.92 Å². The van der Waals surface area contributed by atoms with E-state index in [9.17, 15) is 18.4 Å². The minimum Gasteiger partial charge on any atom is -0.481 e. The maximum Gasteiger partial charge on any atom is 0.311 e. The molecule has 5 nitrogen and oxygen atoms in total. The van der Waals surface area contributed by atoms with E-state index in [1.807, 2.05) is 0 Å². The summed E-state index contributed by atoms with van der Waals surface area (Å²) >= 11 is 0. The molecule has 20 heavy (non-hydrogen) atoms. The molecule has 112 valence electrons. The van der Waals surface area contributed by atoms with Gasteiger partial charge in [0.1, 0.15) is 12.2 Å². The van der Waals surface area contributed by atoms with Crippen molar-refractivity contribution in [1.29, 1.82) is 0 Å². The van der Waals surface area contributed by atoms with Crippen molar-refractivity contribution in [3.8, 4) is 0 Å². The summed E-state index contributed by atoms with van der Waals surface area (Å²) in [6.07, 6.45) is -1.30. The van der Waals surface area contributed by atoms with Crippen molar-refractivity contribution >= 4 is 11.9 Å². The summed E-state index contributed by atoms with van der Waals surface area (Å²) in [7, 11) is 0. The number of hydrogen-bond donors (Lipinski definition) is 1. The van der Waals surface area contributed by atoms with Gasteiger partial charge in [0, 0.05) is 12.1 Å². The number of amides is 1. The van der Waals surface area contributed by atoms with Gasteiger partial charge in [0.15, 0.2) is 0 Å². The Labute approximate surface area is 115 Å². The standard InChI is InChI=1S/C13H17F2NO4/c1-3-4-16(6-10(14)15)13(19)12-8(2)7-20-9(12)5-11(17)18/h7,10H,3-6H2,1-2H3,(H,17,18). The number of rotatable bonds is 7. The number of halogens is 2. The molecule has 0 aliphatic rings. The van der Waals surface area contributed by atoms with Crippen LogP contribution < -0.4 is 0 Å². The van der Waals surface area contributed by atoms with Crippen LogP contribution in [0.5, 0.6) is 0 Å². The van der Waals surface area contributed by atoms with Gasteiger partial charge in [0.05, 0.1) is 18.4 Å². The van der Waals surface area contributed by atoms with E-state index in [0.29, 0.717) is 12.0 Å². The Balaban J connectivity index is 3.04. The van der Waals surface area contributed by atoms with Gasteiger partial charge in [0.2, 0.25) is 0 Å². The summed E-state index contributed by atoms with van der Waals surface area (Å²) in [6, 6.07) is 0. The molecule has 1 N–H and O–H groups in total. The smallest absolute Gasteiger partial charge is 0.311 e. The second-order valence-electron chi connectivity index (χ2n) is 4.43. The first-order valence-electron chi connectivity index (χ1n) is 6.23. The number of carboxylic acids is 1. The summed E-state index contributed by atoms with van der Waals surface area (Å²) in [4.78, 5) is 24.0. The van der Waals surface area contributed by atoms with E-state index in [0.717, 1.165) is 4.90 Å². The highest BCUT2D eigenvalue weighted by Gasteiger charge is 2.26. The summed E-state index contributed by atoms with van der Waals surface area (Å²) in [5.74, 6) is -1.77. The molecule has 1 aromatic rings. The van der Waals surface area contributed by atoms with Crippen LogP contribution >= 0.6 is 0 Å². The largest absolute Gasteiger partial charge is 0.481 e. The highest BCUT2D eigenvalue weighted by molar-refractivity contribution is 5.97. The molecule has 0 spiro atoms. The Bertz CT molecular complexity index is 485. The molecule has 0 aromatic carbocycles. The lowest BCUT2D eigenvalue weighted by Gasteiger charge is -2.21. The van der Waals surface area contributed by atoms with E-state index >= 15 is 0 Å². The van der Waals surface area contributed by atoms with E-state index in [1.54, 1.807) is 13.8 Å². The third kappa shape index (κ3) is 4.04. The van der Waals surface area contributed by atoms with E-state index in [1.165, 1.54) is 6.26 Å². The van der Waals surface area contributed by atoms with Crippen molar-refractivity contribution in [2.45, 2.75) is 33.1 Å². The molecule has 0 aliphatic heterocycles. The summed E-state index contributed by atoms with van der Waals surface area (Å²) < 4.78 is 30.1. The van der Waals surface area contributed by atoms with Crippen LogP contribution in [-0.4, -0.2) is 41.4 Å². The van der Waals surface area contributed by atoms with Crippen molar-refractivity contribution in [2.24, 2.45) is 0 Å². The lowest BCUT2D eigenvalue weighted by atomic mass is 10.1. The molecule has 0 saturated carbocycles. The number of carbonyl (C=O) groups is 2. The molecule has 0 unspecified atom stereocenters. The number of hydrogen-bond acceptors (Lipinski definition) is 3. The number of aliphatic carboxylic acids is 1. The lowest BCUT2D eigenvalue weighted by molar-refractivity contribution is -0.136. The van der Waals surface area contributed by atoms with Crippen molar-refractivity contribution in [3.63, 3.8) is 0 Å². The van der Waals surface area contributed by atoms with Crippen LogP contribution in [0, 0.1) is 6.92 Å². The molecule has 0 aliphatic carbocycles. The van der Waals surface area contributed by atoms with E-state index in [4.69, 9.17) is 9.52 Å². The van der Waals surface area contributed by atoms with Gasteiger partial charge in [-0.25, -0.2) is 8.78 Å². The quantitative estimate of drug-likeness (QED) is 0.836. The summed E-state index contributed by atoms with van der Waals surface area (Å²) in [5.41, 5.74) is 0.517. The van der Waals surface area contributed by atoms with Gasteiger partial charge >= 0.3 is 5.97 Å². The third-order valence-electron chi connectivity index (χ3n) is 2.72. The van der Waals surface area contributed by atoms with Crippen molar-refractivity contribution in [1.82, 2.24) is 4.90 Å². The maximum absolute atomic E-state index is 12.5. The highest BCUT2D eigenvalue weighted by atomic mass is 19.3. The first kappa shape index (κ1) is 16.1. The minimum absolute atomic E-state index is 0.00429. The van der Waals surface area contributed by atoms with Crippen molar-refractivity contribution in [2.75, 3.05) is 13.1 Å². The monoisotopic (exact) mass is 289 g/mol. The molecule has 0 atom stereocenters. The molecule has 0 radical (unpaired) electrons. The van der Waals surface area contributed by atoms with Crippen molar-refractivity contribution < 1.29 is 27.9 Å². The van der Waals surface area contributed by atoms with Crippen LogP contribution in [0.4, 0.5) is 8.78 Å². The number of nitrogens with zero attached hydrogens (tertiary/aromatic N) is 1. The average molecular weight is 289 g/mol. The van der Waals surface area contributed by atoms with Crippen LogP contribution in [0.1, 0.15) is 35.0 Å². The van der Waals surface area contributed by atoms with Crippen LogP contribution in [0.2, 0.25) is 0 Å². The fraction of sp³-hybridized carbons (Fsp3) is 0.538. The van der Waals surface area contributed by atoms with Gasteiger partial charge in [0.25, 0.3) is 12.3 Å². The zero-order chi connectivity index (χ0) is 15.3. The van der Waals surface area contributed by atoms with E-state index < -0.39 is 31.3 Å². The molecule has 1 heterocycles. The van der Waals surface area contributed by atoms with E-state index in [2.05, 4.69) is 0 Å². The van der Waals surface area contributed by atoms with Gasteiger partial charge in [-0.05, 0) is 13.3 Å². The Kier molecular flexibility index (Phi) is 5.66. The highest BCUT2D eigenvalue weighted by Crippen LogP contribution is 2.20. The average Bonchev–Trinajstić information content (AvgIpc) is 2.67. The second kappa shape index (κ2) is 7.02. The minimum atomic E-state index is -2.64. The molecule has 0 fully saturated rings. The molecule has 0 bridgehead atoms. The van der Waals surface area contributed by atoms with Gasteiger partial charge < -0.3 is 14.4 Å². The van der Waals surface area contributed by atoms with Crippen LogP contribution in [0.25, 0.3) is 0 Å². The fourth-order valence-electron chi connectivity index (χ4n) is 1.92. The lowest BCUT2D eigenvalue weighted by Crippen LogP contribution is -2.36. The normalized spacial score (nSPS) is 10.8. The molecule has 1 amide bonds. The Morgan fingerprint density at radius 3 is 2.60 bits per heavy atom. The molecular formula is C13H17F2NO4. The van der Waals surface area contributed by atoms with Crippen molar-refractivity contribution in [3.05, 3.63) is 23.2 Å². The predicted molar refractivity (Wildman–Crippen MR) is 67.0 cm³/mol. The SMILES string of the molecule is CCCN(CC(F)F)C(=O)c1c(C)coc1CC(=O)O. The zero-order valence-corrected chi connectivity index (χ0v) is 11.4. The first-order valence-corrected chi connectivity index (χ1v) is 6.23. The topological polar surface area (TPSA) is 70.8 Å². The molecular weight excluding hydrogens is 272 g/mol. The van der Waals surface area contributed by atoms with Crippen LogP contribution in [0.15, 0.2) is 10.7 Å². The second-order valence-corrected chi connectivity index (χ2v) is 4.43. The molecule has 1 rings (SSSR count). The Morgan fingerprint density at radius 1 is 1.45 bits per heavy atom. The predicted octanol–water partition coefficient (Wildman–Crippen LogP) is 2.33. The number of furan rings is 1.